The molecule has 0 unspecified atom stereocenters. The number of benzene rings is 2. The zero-order chi connectivity index (χ0) is 25.2. The fourth-order valence-electron chi connectivity index (χ4n) is 4.36. The maximum absolute atomic E-state index is 13.0. The molecule has 8 nitrogen and oxygen atoms in total. The molecule has 0 aliphatic carbocycles. The van der Waals surface area contributed by atoms with Crippen LogP contribution in [0.25, 0.3) is 0 Å². The topological polar surface area (TPSA) is 96.3 Å². The summed E-state index contributed by atoms with van der Waals surface area (Å²) in [4.78, 5) is 29.3. The molecule has 2 aromatic carbocycles. The van der Waals surface area contributed by atoms with Crippen LogP contribution in [0.3, 0.4) is 0 Å². The van der Waals surface area contributed by atoms with Crippen LogP contribution >= 0.6 is 0 Å². The molecule has 0 bridgehead atoms. The fraction of sp³-hybridized carbons (Fsp3) is 0.423. The lowest BCUT2D eigenvalue weighted by Gasteiger charge is -2.35. The van der Waals surface area contributed by atoms with Gasteiger partial charge in [-0.2, -0.15) is 8.42 Å². The van der Waals surface area contributed by atoms with Gasteiger partial charge in [0.25, 0.3) is 15.9 Å². The monoisotopic (exact) mass is 497 g/mol. The molecule has 2 heterocycles. The Morgan fingerprint density at radius 1 is 1.06 bits per heavy atom. The molecule has 0 atom stereocenters. The fourth-order valence-corrected chi connectivity index (χ4v) is 5.64. The van der Waals surface area contributed by atoms with Gasteiger partial charge in [-0.1, -0.05) is 36.8 Å². The molecule has 2 aliphatic rings. The minimum atomic E-state index is -3.92. The number of amidine groups is 1. The molecular formula is C26H31N3O5S. The van der Waals surface area contributed by atoms with Crippen molar-refractivity contribution in [3.63, 3.8) is 0 Å². The Labute approximate surface area is 206 Å². The first kappa shape index (κ1) is 24.9. The van der Waals surface area contributed by atoms with Crippen LogP contribution in [0.15, 0.2) is 57.8 Å². The number of sulfonamides is 1. The smallest absolute Gasteiger partial charge is 0.338 e. The van der Waals surface area contributed by atoms with Crippen LogP contribution in [0.1, 0.15) is 62.4 Å². The summed E-state index contributed by atoms with van der Waals surface area (Å²) >= 11 is 0. The first-order chi connectivity index (χ1) is 16.6. The number of carbonyl (C=O) groups is 2. The van der Waals surface area contributed by atoms with E-state index in [-0.39, 0.29) is 16.4 Å². The number of fused-ring (bicyclic) bond motifs is 3. The number of hydrogen-bond donors (Lipinski definition) is 0. The molecule has 4 rings (SSSR count). The van der Waals surface area contributed by atoms with E-state index in [9.17, 15) is 18.0 Å². The van der Waals surface area contributed by atoms with Crippen LogP contribution in [0.4, 0.5) is 5.69 Å². The molecule has 2 aliphatic heterocycles. The Balaban J connectivity index is 1.49. The predicted octanol–water partition coefficient (Wildman–Crippen LogP) is 4.15. The second kappa shape index (κ2) is 9.81. The van der Waals surface area contributed by atoms with Crippen molar-refractivity contribution in [2.24, 2.45) is 4.40 Å². The molecule has 0 N–H and O–H groups in total. The van der Waals surface area contributed by atoms with Crippen LogP contribution in [-0.4, -0.2) is 49.7 Å². The molecule has 1 saturated heterocycles. The summed E-state index contributed by atoms with van der Waals surface area (Å²) < 4.78 is 35.0. The van der Waals surface area contributed by atoms with Crippen molar-refractivity contribution in [2.75, 3.05) is 18.1 Å². The van der Waals surface area contributed by atoms with Gasteiger partial charge >= 0.3 is 5.97 Å². The van der Waals surface area contributed by atoms with Gasteiger partial charge < -0.3 is 14.5 Å². The maximum atomic E-state index is 13.0. The van der Waals surface area contributed by atoms with E-state index < -0.39 is 28.1 Å². The summed E-state index contributed by atoms with van der Waals surface area (Å²) in [5.74, 6) is -0.536. The van der Waals surface area contributed by atoms with Crippen molar-refractivity contribution >= 4 is 33.4 Å². The number of anilines is 1. The minimum absolute atomic E-state index is 0.00989. The highest BCUT2D eigenvalue weighted by atomic mass is 32.2. The van der Waals surface area contributed by atoms with Crippen molar-refractivity contribution in [2.45, 2.75) is 63.4 Å². The highest BCUT2D eigenvalue weighted by molar-refractivity contribution is 7.90. The third kappa shape index (κ3) is 5.56. The lowest BCUT2D eigenvalue weighted by Crippen LogP contribution is -2.46. The number of amides is 1. The molecular weight excluding hydrogens is 466 g/mol. The zero-order valence-corrected chi connectivity index (χ0v) is 21.2. The Morgan fingerprint density at radius 3 is 2.51 bits per heavy atom. The molecule has 0 saturated carbocycles. The van der Waals surface area contributed by atoms with Gasteiger partial charge in [0, 0.05) is 25.0 Å². The average Bonchev–Trinajstić information content (AvgIpc) is 3.05. The van der Waals surface area contributed by atoms with Crippen molar-refractivity contribution in [1.82, 2.24) is 4.90 Å². The summed E-state index contributed by atoms with van der Waals surface area (Å²) in [5, 5.41) is 0. The van der Waals surface area contributed by atoms with Crippen LogP contribution in [0.2, 0.25) is 0 Å². The Bertz CT molecular complexity index is 1250. The van der Waals surface area contributed by atoms with Crippen molar-refractivity contribution in [3.8, 4) is 0 Å². The van der Waals surface area contributed by atoms with Crippen molar-refractivity contribution in [3.05, 3.63) is 59.7 Å². The summed E-state index contributed by atoms with van der Waals surface area (Å²) in [7, 11) is -3.92. The molecule has 1 amide bonds. The molecule has 0 radical (unpaired) electrons. The lowest BCUT2D eigenvalue weighted by molar-refractivity contribution is -0.140. The number of rotatable bonds is 5. The van der Waals surface area contributed by atoms with Crippen LogP contribution in [0.5, 0.6) is 0 Å². The Hall–Kier alpha value is -3.20. The Kier molecular flexibility index (Phi) is 6.98. The van der Waals surface area contributed by atoms with E-state index in [1.807, 2.05) is 56.0 Å². The SMILES string of the molecule is CC(C)(C)N(Cc1ccccc1)C(=O)COC(=O)c1ccc2c(c1)S(=O)(=O)N=C1CCCCCN12. The van der Waals surface area contributed by atoms with Gasteiger partial charge in [0.1, 0.15) is 10.7 Å². The van der Waals surface area contributed by atoms with Gasteiger partial charge in [-0.15, -0.1) is 4.40 Å². The Morgan fingerprint density at radius 2 is 1.80 bits per heavy atom. The summed E-state index contributed by atoms with van der Waals surface area (Å²) in [5.41, 5.74) is 1.09. The maximum Gasteiger partial charge on any atom is 0.338 e. The van der Waals surface area contributed by atoms with E-state index in [4.69, 9.17) is 4.74 Å². The first-order valence-electron chi connectivity index (χ1n) is 11.8. The van der Waals surface area contributed by atoms with Gasteiger partial charge in [0.15, 0.2) is 6.61 Å². The number of nitrogens with zero attached hydrogens (tertiary/aromatic N) is 3. The van der Waals surface area contributed by atoms with Gasteiger partial charge in [0.2, 0.25) is 0 Å². The largest absolute Gasteiger partial charge is 0.452 e. The number of carbonyl (C=O) groups excluding carboxylic acids is 2. The van der Waals surface area contributed by atoms with Gasteiger partial charge in [-0.05, 0) is 57.4 Å². The molecule has 1 fully saturated rings. The van der Waals surface area contributed by atoms with Crippen molar-refractivity contribution < 1.29 is 22.7 Å². The van der Waals surface area contributed by atoms with E-state index in [2.05, 4.69) is 4.40 Å². The second-order valence-electron chi connectivity index (χ2n) is 9.84. The van der Waals surface area contributed by atoms with E-state index in [0.717, 1.165) is 24.8 Å². The normalized spacial score (nSPS) is 16.9. The average molecular weight is 498 g/mol. The number of esters is 1. The van der Waals surface area contributed by atoms with Gasteiger partial charge in [-0.3, -0.25) is 4.79 Å². The predicted molar refractivity (Wildman–Crippen MR) is 134 cm³/mol. The molecule has 35 heavy (non-hydrogen) atoms. The van der Waals surface area contributed by atoms with E-state index in [1.54, 1.807) is 17.0 Å². The third-order valence-electron chi connectivity index (χ3n) is 6.20. The third-order valence-corrected chi connectivity index (χ3v) is 7.54. The minimum Gasteiger partial charge on any atom is -0.452 e. The standard InChI is InChI=1S/C26H31N3O5S/c1-26(2,3)29(17-19-10-6-4-7-11-19)24(30)18-34-25(31)20-13-14-21-22(16-20)35(32,33)27-23-12-8-5-9-15-28(21)23/h4,6-7,10-11,13-14,16H,5,8-9,12,15,17-18H2,1-3H3. The van der Waals surface area contributed by atoms with Crippen LogP contribution in [-0.2, 0) is 26.1 Å². The second-order valence-corrected chi connectivity index (χ2v) is 11.4. The number of ether oxygens (including phenoxy) is 1. The highest BCUT2D eigenvalue weighted by Gasteiger charge is 2.33. The van der Waals surface area contributed by atoms with E-state index in [1.165, 1.54) is 6.07 Å². The summed E-state index contributed by atoms with van der Waals surface area (Å²) in [6.07, 6.45) is 3.46. The van der Waals surface area contributed by atoms with E-state index in [0.29, 0.717) is 31.0 Å². The van der Waals surface area contributed by atoms with E-state index >= 15 is 0 Å². The molecule has 2 aromatic rings. The zero-order valence-electron chi connectivity index (χ0n) is 20.4. The van der Waals surface area contributed by atoms with Crippen LogP contribution < -0.4 is 4.90 Å². The van der Waals surface area contributed by atoms with Crippen LogP contribution in [0, 0.1) is 0 Å². The number of hydrogen-bond acceptors (Lipinski definition) is 6. The first-order valence-corrected chi connectivity index (χ1v) is 13.3. The lowest BCUT2D eigenvalue weighted by atomic mass is 10.0. The molecule has 186 valence electrons. The summed E-state index contributed by atoms with van der Waals surface area (Å²) in [6, 6.07) is 14.1. The summed E-state index contributed by atoms with van der Waals surface area (Å²) in [6.45, 7) is 6.38. The molecule has 0 aromatic heterocycles. The quantitative estimate of drug-likeness (QED) is 0.576. The highest BCUT2D eigenvalue weighted by Crippen LogP contribution is 2.35. The van der Waals surface area contributed by atoms with Gasteiger partial charge in [0.05, 0.1) is 11.3 Å². The molecule has 0 spiro atoms. The molecule has 9 heteroatoms. The van der Waals surface area contributed by atoms with Crippen molar-refractivity contribution in [1.29, 1.82) is 0 Å². The van der Waals surface area contributed by atoms with Gasteiger partial charge in [-0.25, -0.2) is 4.79 Å².